The Balaban J connectivity index is 1.76. The van der Waals surface area contributed by atoms with Gasteiger partial charge in [-0.1, -0.05) is 0 Å². The number of halogens is 2. The molecule has 2 heterocycles. The Kier molecular flexibility index (Phi) is 5.59. The lowest BCUT2D eigenvalue weighted by molar-refractivity contribution is -0.114. The highest BCUT2D eigenvalue weighted by Crippen LogP contribution is 2.46. The zero-order valence-corrected chi connectivity index (χ0v) is 19.1. The van der Waals surface area contributed by atoms with Gasteiger partial charge in [-0.3, -0.25) is 4.79 Å². The molecule has 0 bridgehead atoms. The van der Waals surface area contributed by atoms with Crippen LogP contribution in [0.4, 0.5) is 20.3 Å². The molecular weight excluding hydrogens is 430 g/mol. The van der Waals surface area contributed by atoms with E-state index < -0.39 is 18.1 Å². The number of aromatic nitrogens is 2. The Morgan fingerprint density at radius 3 is 2.55 bits per heavy atom. The molecule has 0 spiro atoms. The molecule has 0 aliphatic carbocycles. The zero-order chi connectivity index (χ0) is 24.1. The highest BCUT2D eigenvalue weighted by molar-refractivity contribution is 5.95. The number of amides is 1. The van der Waals surface area contributed by atoms with Crippen molar-refractivity contribution >= 4 is 28.3 Å². The topological polar surface area (TPSA) is 96.4 Å². The van der Waals surface area contributed by atoms with Gasteiger partial charge in [0.1, 0.15) is 17.2 Å². The third-order valence-electron chi connectivity index (χ3n) is 5.52. The molecule has 1 aliphatic rings. The molecule has 0 radical (unpaired) electrons. The van der Waals surface area contributed by atoms with E-state index in [4.69, 9.17) is 4.74 Å². The standard InChI is InChI=1S/C24H26F2N4O3/c1-11(14-6-15(22(25)26)8-16(7-14)30-13(3)31)27-23-17-9-19(32)21-18(10-24(4,5)33-21)20(17)28-12(2)29-23/h6-9,11,22,32H,10H2,1-5H3,(H,30,31)(H,27,28,29). The number of aromatic hydroxyl groups is 1. The Hall–Kier alpha value is -3.49. The Labute approximate surface area is 190 Å². The Morgan fingerprint density at radius 1 is 1.18 bits per heavy atom. The SMILES string of the molecule is CC(=O)Nc1cc(C(F)F)cc(C(C)Nc2nc(C)nc3c4c(c(O)cc23)OC(C)(C)C4)c1. The smallest absolute Gasteiger partial charge is 0.263 e. The number of alkyl halides is 2. The maximum Gasteiger partial charge on any atom is 0.263 e. The van der Waals surface area contributed by atoms with Gasteiger partial charge in [0.2, 0.25) is 5.91 Å². The van der Waals surface area contributed by atoms with Gasteiger partial charge in [0.25, 0.3) is 6.43 Å². The summed E-state index contributed by atoms with van der Waals surface area (Å²) in [6.45, 7) is 8.78. The summed E-state index contributed by atoms with van der Waals surface area (Å²) >= 11 is 0. The number of aryl methyl sites for hydroxylation is 1. The van der Waals surface area contributed by atoms with E-state index in [0.717, 1.165) is 5.56 Å². The van der Waals surface area contributed by atoms with Gasteiger partial charge < -0.3 is 20.5 Å². The fourth-order valence-electron chi connectivity index (χ4n) is 4.15. The molecular formula is C24H26F2N4O3. The lowest BCUT2D eigenvalue weighted by Gasteiger charge is -2.19. The van der Waals surface area contributed by atoms with E-state index in [9.17, 15) is 18.7 Å². The lowest BCUT2D eigenvalue weighted by Crippen LogP contribution is -2.24. The van der Waals surface area contributed by atoms with Crippen LogP contribution in [-0.2, 0) is 11.2 Å². The van der Waals surface area contributed by atoms with Crippen molar-refractivity contribution in [2.45, 2.75) is 59.1 Å². The highest BCUT2D eigenvalue weighted by atomic mass is 19.3. The number of rotatable bonds is 5. The van der Waals surface area contributed by atoms with Crippen LogP contribution in [-0.4, -0.2) is 26.6 Å². The maximum atomic E-state index is 13.5. The second kappa shape index (κ2) is 8.13. The quantitative estimate of drug-likeness (QED) is 0.474. The van der Waals surface area contributed by atoms with E-state index in [2.05, 4.69) is 20.6 Å². The summed E-state index contributed by atoms with van der Waals surface area (Å²) in [4.78, 5) is 20.6. The average Bonchev–Trinajstić information content (AvgIpc) is 3.04. The number of nitrogens with zero attached hydrogens (tertiary/aromatic N) is 2. The molecule has 1 aliphatic heterocycles. The van der Waals surface area contributed by atoms with Crippen molar-refractivity contribution in [3.8, 4) is 11.5 Å². The van der Waals surface area contributed by atoms with Gasteiger partial charge >= 0.3 is 0 Å². The number of ether oxygens (including phenoxy) is 1. The number of carbonyl (C=O) groups excluding carboxylic acids is 1. The second-order valence-electron chi connectivity index (χ2n) is 8.99. The minimum atomic E-state index is -2.69. The maximum absolute atomic E-state index is 13.5. The van der Waals surface area contributed by atoms with Crippen LogP contribution in [0.3, 0.4) is 0 Å². The molecule has 0 saturated carbocycles. The zero-order valence-electron chi connectivity index (χ0n) is 19.1. The number of hydrogen-bond acceptors (Lipinski definition) is 6. The van der Waals surface area contributed by atoms with Crippen LogP contribution in [0.2, 0.25) is 0 Å². The van der Waals surface area contributed by atoms with E-state index in [0.29, 0.717) is 46.0 Å². The predicted molar refractivity (Wildman–Crippen MR) is 122 cm³/mol. The number of hydrogen-bond donors (Lipinski definition) is 3. The third kappa shape index (κ3) is 4.53. The number of anilines is 2. The molecule has 174 valence electrons. The number of carbonyl (C=O) groups is 1. The van der Waals surface area contributed by atoms with Gasteiger partial charge in [-0.25, -0.2) is 18.7 Å². The summed E-state index contributed by atoms with van der Waals surface area (Å²) in [6.07, 6.45) is -2.11. The summed E-state index contributed by atoms with van der Waals surface area (Å²) < 4.78 is 32.8. The fraction of sp³-hybridized carbons (Fsp3) is 0.375. The van der Waals surface area contributed by atoms with Crippen molar-refractivity contribution in [1.29, 1.82) is 0 Å². The minimum absolute atomic E-state index is 0.00104. The minimum Gasteiger partial charge on any atom is -0.504 e. The van der Waals surface area contributed by atoms with Crippen molar-refractivity contribution in [3.63, 3.8) is 0 Å². The molecule has 1 amide bonds. The molecule has 1 atom stereocenters. The first-order valence-electron chi connectivity index (χ1n) is 10.6. The number of benzene rings is 2. The van der Waals surface area contributed by atoms with Crippen molar-refractivity contribution in [3.05, 3.63) is 46.8 Å². The van der Waals surface area contributed by atoms with E-state index in [1.54, 1.807) is 19.1 Å². The molecule has 9 heteroatoms. The van der Waals surface area contributed by atoms with E-state index in [1.807, 2.05) is 20.8 Å². The van der Waals surface area contributed by atoms with Crippen molar-refractivity contribution < 1.29 is 23.4 Å². The van der Waals surface area contributed by atoms with Gasteiger partial charge in [-0.05, 0) is 57.5 Å². The molecule has 7 nitrogen and oxygen atoms in total. The molecule has 1 aromatic heterocycles. The number of phenols is 1. The van der Waals surface area contributed by atoms with Crippen molar-refractivity contribution in [1.82, 2.24) is 9.97 Å². The van der Waals surface area contributed by atoms with Gasteiger partial charge in [-0.2, -0.15) is 0 Å². The molecule has 1 unspecified atom stereocenters. The van der Waals surface area contributed by atoms with Gasteiger partial charge in [0, 0.05) is 35.5 Å². The summed E-state index contributed by atoms with van der Waals surface area (Å²) in [6, 6.07) is 5.43. The van der Waals surface area contributed by atoms with Crippen molar-refractivity contribution in [2.24, 2.45) is 0 Å². The fourth-order valence-corrected chi connectivity index (χ4v) is 4.15. The Bertz CT molecular complexity index is 1260. The van der Waals surface area contributed by atoms with Crippen LogP contribution in [0.15, 0.2) is 24.3 Å². The van der Waals surface area contributed by atoms with E-state index in [1.165, 1.54) is 19.1 Å². The second-order valence-corrected chi connectivity index (χ2v) is 8.99. The van der Waals surface area contributed by atoms with Crippen LogP contribution < -0.4 is 15.4 Å². The first-order chi connectivity index (χ1) is 15.4. The molecule has 3 aromatic rings. The third-order valence-corrected chi connectivity index (χ3v) is 5.52. The highest BCUT2D eigenvalue weighted by Gasteiger charge is 2.35. The first-order valence-corrected chi connectivity index (χ1v) is 10.6. The van der Waals surface area contributed by atoms with E-state index >= 15 is 0 Å². The number of phenolic OH excluding ortho intramolecular Hbond substituents is 1. The number of nitrogens with one attached hydrogen (secondary N) is 2. The molecule has 0 fully saturated rings. The molecule has 2 aromatic carbocycles. The van der Waals surface area contributed by atoms with E-state index in [-0.39, 0.29) is 17.2 Å². The van der Waals surface area contributed by atoms with Crippen LogP contribution >= 0.6 is 0 Å². The van der Waals surface area contributed by atoms with Gasteiger partial charge in [0.15, 0.2) is 11.5 Å². The average molecular weight is 456 g/mol. The first kappa shape index (κ1) is 22.7. The Morgan fingerprint density at radius 2 is 1.88 bits per heavy atom. The lowest BCUT2D eigenvalue weighted by atomic mass is 9.98. The number of fused-ring (bicyclic) bond motifs is 3. The van der Waals surface area contributed by atoms with Crippen molar-refractivity contribution in [2.75, 3.05) is 10.6 Å². The van der Waals surface area contributed by atoms with Gasteiger partial charge in [0.05, 0.1) is 11.6 Å². The summed E-state index contributed by atoms with van der Waals surface area (Å²) in [7, 11) is 0. The van der Waals surface area contributed by atoms with Crippen LogP contribution in [0, 0.1) is 6.92 Å². The summed E-state index contributed by atoms with van der Waals surface area (Å²) in [5.74, 6) is 1.07. The van der Waals surface area contributed by atoms with Crippen LogP contribution in [0.5, 0.6) is 11.5 Å². The summed E-state index contributed by atoms with van der Waals surface area (Å²) in [5, 5.41) is 17.0. The largest absolute Gasteiger partial charge is 0.504 e. The van der Waals surface area contributed by atoms with Crippen LogP contribution in [0.1, 0.15) is 62.7 Å². The normalized spacial score (nSPS) is 15.3. The monoisotopic (exact) mass is 456 g/mol. The van der Waals surface area contributed by atoms with Gasteiger partial charge in [-0.15, -0.1) is 0 Å². The predicted octanol–water partition coefficient (Wildman–Crippen LogP) is 5.43. The molecule has 3 N–H and O–H groups in total. The summed E-state index contributed by atoms with van der Waals surface area (Å²) in [5.41, 5.74) is 1.67. The molecule has 4 rings (SSSR count). The molecule has 0 saturated heterocycles. The van der Waals surface area contributed by atoms with Crippen LogP contribution in [0.25, 0.3) is 10.9 Å². The molecule has 33 heavy (non-hydrogen) atoms.